The monoisotopic (exact) mass is 496 g/mol. The van der Waals surface area contributed by atoms with Crippen LogP contribution in [0.15, 0.2) is 78.9 Å². The van der Waals surface area contributed by atoms with Crippen LogP contribution in [-0.2, 0) is 22.6 Å². The second kappa shape index (κ2) is 12.9. The van der Waals surface area contributed by atoms with Gasteiger partial charge in [0.1, 0.15) is 17.6 Å². The molecule has 5 nitrogen and oxygen atoms in total. The third kappa shape index (κ3) is 8.11. The summed E-state index contributed by atoms with van der Waals surface area (Å²) in [6.45, 7) is 4.34. The minimum absolute atomic E-state index is 0.137. The average molecular weight is 497 g/mol. The molecule has 184 valence electrons. The van der Waals surface area contributed by atoms with Crippen LogP contribution >= 0.6 is 11.6 Å². The van der Waals surface area contributed by atoms with Gasteiger partial charge in [-0.1, -0.05) is 74.0 Å². The quantitative estimate of drug-likeness (QED) is 0.393. The van der Waals surface area contributed by atoms with E-state index >= 15 is 0 Å². The lowest BCUT2D eigenvalue weighted by molar-refractivity contribution is -0.142. The first-order valence-electron chi connectivity index (χ1n) is 11.6. The number of nitrogens with zero attached hydrogens (tertiary/aromatic N) is 1. The van der Waals surface area contributed by atoms with E-state index in [1.165, 1.54) is 29.2 Å². The van der Waals surface area contributed by atoms with Gasteiger partial charge in [0.25, 0.3) is 5.91 Å². The van der Waals surface area contributed by atoms with Gasteiger partial charge in [-0.2, -0.15) is 0 Å². The first-order valence-corrected chi connectivity index (χ1v) is 11.9. The van der Waals surface area contributed by atoms with Gasteiger partial charge in [0.05, 0.1) is 0 Å². The molecule has 3 rings (SSSR count). The largest absolute Gasteiger partial charge is 0.484 e. The van der Waals surface area contributed by atoms with E-state index in [2.05, 4.69) is 5.32 Å². The van der Waals surface area contributed by atoms with Crippen molar-refractivity contribution in [2.24, 2.45) is 5.92 Å². The molecular weight excluding hydrogens is 467 g/mol. The van der Waals surface area contributed by atoms with Crippen molar-refractivity contribution < 1.29 is 18.7 Å². The minimum Gasteiger partial charge on any atom is -0.484 e. The molecule has 0 bridgehead atoms. The Morgan fingerprint density at radius 1 is 0.971 bits per heavy atom. The number of hydrogen-bond acceptors (Lipinski definition) is 3. The molecular formula is C28H30ClFN2O3. The molecule has 0 heterocycles. The molecule has 0 unspecified atom stereocenters. The number of hydrogen-bond donors (Lipinski definition) is 1. The maximum Gasteiger partial charge on any atom is 0.261 e. The third-order valence-corrected chi connectivity index (χ3v) is 5.80. The number of amides is 2. The number of nitrogens with one attached hydrogen (secondary N) is 1. The van der Waals surface area contributed by atoms with Crippen LogP contribution in [0, 0.1) is 11.7 Å². The van der Waals surface area contributed by atoms with Crippen molar-refractivity contribution in [3.05, 3.63) is 101 Å². The highest BCUT2D eigenvalue weighted by molar-refractivity contribution is 6.31. The summed E-state index contributed by atoms with van der Waals surface area (Å²) in [5.41, 5.74) is 1.65. The summed E-state index contributed by atoms with van der Waals surface area (Å²) in [5.74, 6) is -0.402. The van der Waals surface area contributed by atoms with Crippen molar-refractivity contribution in [1.82, 2.24) is 10.2 Å². The lowest BCUT2D eigenvalue weighted by Crippen LogP contribution is -2.52. The van der Waals surface area contributed by atoms with Gasteiger partial charge >= 0.3 is 0 Å². The normalized spacial score (nSPS) is 11.7. The molecule has 1 N–H and O–H groups in total. The van der Waals surface area contributed by atoms with Crippen LogP contribution in [0.2, 0.25) is 5.02 Å². The average Bonchev–Trinajstić information content (AvgIpc) is 2.85. The molecule has 0 aliphatic carbocycles. The predicted octanol–water partition coefficient (Wildman–Crippen LogP) is 5.27. The van der Waals surface area contributed by atoms with Crippen LogP contribution in [0.3, 0.4) is 0 Å². The predicted molar refractivity (Wildman–Crippen MR) is 136 cm³/mol. The molecule has 2 amide bonds. The van der Waals surface area contributed by atoms with Crippen molar-refractivity contribution >= 4 is 23.4 Å². The van der Waals surface area contributed by atoms with Gasteiger partial charge in [-0.05, 0) is 47.4 Å². The van der Waals surface area contributed by atoms with Gasteiger partial charge in [-0.15, -0.1) is 0 Å². The molecule has 0 aromatic heterocycles. The highest BCUT2D eigenvalue weighted by Crippen LogP contribution is 2.21. The van der Waals surface area contributed by atoms with Crippen molar-refractivity contribution in [1.29, 1.82) is 0 Å². The van der Waals surface area contributed by atoms with E-state index in [1.807, 2.05) is 62.4 Å². The van der Waals surface area contributed by atoms with Crippen LogP contribution in [0.4, 0.5) is 4.39 Å². The maximum absolute atomic E-state index is 13.5. The third-order valence-electron chi connectivity index (χ3n) is 5.43. The fraction of sp³-hybridized carbons (Fsp3) is 0.286. The number of ether oxygens (including phenoxy) is 1. The van der Waals surface area contributed by atoms with E-state index < -0.39 is 11.9 Å². The highest BCUT2D eigenvalue weighted by Gasteiger charge is 2.31. The van der Waals surface area contributed by atoms with E-state index in [0.717, 1.165) is 11.1 Å². The lowest BCUT2D eigenvalue weighted by atomic mass is 10.0. The molecule has 35 heavy (non-hydrogen) atoms. The summed E-state index contributed by atoms with van der Waals surface area (Å²) < 4.78 is 18.9. The molecule has 1 atom stereocenters. The molecule has 0 spiro atoms. The molecule has 3 aromatic rings. The Bertz CT molecular complexity index is 1110. The Labute approximate surface area is 210 Å². The fourth-order valence-electron chi connectivity index (χ4n) is 3.55. The Balaban J connectivity index is 1.90. The van der Waals surface area contributed by atoms with E-state index in [0.29, 0.717) is 23.7 Å². The first-order chi connectivity index (χ1) is 16.8. The number of halogens is 2. The summed E-state index contributed by atoms with van der Waals surface area (Å²) >= 11 is 6.40. The van der Waals surface area contributed by atoms with Crippen molar-refractivity contribution in [2.75, 3.05) is 13.2 Å². The summed E-state index contributed by atoms with van der Waals surface area (Å²) in [7, 11) is 0. The van der Waals surface area contributed by atoms with Crippen LogP contribution in [0.1, 0.15) is 25.0 Å². The van der Waals surface area contributed by atoms with Crippen LogP contribution in [0.25, 0.3) is 0 Å². The Morgan fingerprint density at radius 2 is 1.63 bits per heavy atom. The summed E-state index contributed by atoms with van der Waals surface area (Å²) in [6, 6.07) is 21.4. The number of benzene rings is 3. The second-order valence-electron chi connectivity index (χ2n) is 8.70. The van der Waals surface area contributed by atoms with Crippen LogP contribution < -0.4 is 10.1 Å². The molecule has 0 aliphatic heterocycles. The van der Waals surface area contributed by atoms with Crippen molar-refractivity contribution in [3.8, 4) is 5.75 Å². The minimum atomic E-state index is -0.781. The molecule has 3 aromatic carbocycles. The topological polar surface area (TPSA) is 58.6 Å². The molecule has 0 saturated carbocycles. The van der Waals surface area contributed by atoms with Gasteiger partial charge in [0.15, 0.2) is 6.61 Å². The molecule has 0 radical (unpaired) electrons. The Hall–Kier alpha value is -3.38. The van der Waals surface area contributed by atoms with E-state index in [4.69, 9.17) is 16.3 Å². The highest BCUT2D eigenvalue weighted by atomic mass is 35.5. The van der Waals surface area contributed by atoms with Gasteiger partial charge in [0, 0.05) is 24.5 Å². The van der Waals surface area contributed by atoms with Gasteiger partial charge in [-0.3, -0.25) is 9.59 Å². The van der Waals surface area contributed by atoms with Crippen LogP contribution in [-0.4, -0.2) is 35.9 Å². The number of rotatable bonds is 11. The SMILES string of the molecule is CC(C)CNC(=O)[C@H](Cc1ccccc1)N(Cc1ccccc1Cl)C(=O)COc1ccc(F)cc1. The summed E-state index contributed by atoms with van der Waals surface area (Å²) in [6.07, 6.45) is 0.331. The summed E-state index contributed by atoms with van der Waals surface area (Å²) in [5, 5.41) is 3.48. The molecule has 7 heteroatoms. The zero-order chi connectivity index (χ0) is 25.2. The molecule has 0 fully saturated rings. The first kappa shape index (κ1) is 26.2. The zero-order valence-electron chi connectivity index (χ0n) is 19.9. The molecule has 0 aliphatic rings. The number of carbonyl (C=O) groups excluding carboxylic acids is 2. The van der Waals surface area contributed by atoms with Crippen LogP contribution in [0.5, 0.6) is 5.75 Å². The Kier molecular flexibility index (Phi) is 9.67. The zero-order valence-corrected chi connectivity index (χ0v) is 20.7. The number of carbonyl (C=O) groups is 2. The van der Waals surface area contributed by atoms with Crippen molar-refractivity contribution in [3.63, 3.8) is 0 Å². The maximum atomic E-state index is 13.5. The standard InChI is InChI=1S/C28H30ClFN2O3/c1-20(2)17-31-28(34)26(16-21-8-4-3-5-9-21)32(18-22-10-6-7-11-25(22)29)27(33)19-35-24-14-12-23(30)13-15-24/h3-15,20,26H,16-19H2,1-2H3,(H,31,34)/t26-/m0/s1. The fourth-order valence-corrected chi connectivity index (χ4v) is 3.74. The Morgan fingerprint density at radius 3 is 2.29 bits per heavy atom. The summed E-state index contributed by atoms with van der Waals surface area (Å²) in [4.78, 5) is 28.3. The van der Waals surface area contributed by atoms with Crippen molar-refractivity contribution in [2.45, 2.75) is 32.9 Å². The van der Waals surface area contributed by atoms with E-state index in [9.17, 15) is 14.0 Å². The van der Waals surface area contributed by atoms with Gasteiger partial charge in [-0.25, -0.2) is 4.39 Å². The van der Waals surface area contributed by atoms with E-state index in [1.54, 1.807) is 6.07 Å². The van der Waals surface area contributed by atoms with Gasteiger partial charge in [0.2, 0.25) is 5.91 Å². The lowest BCUT2D eigenvalue weighted by Gasteiger charge is -2.32. The smallest absolute Gasteiger partial charge is 0.261 e. The van der Waals surface area contributed by atoms with Gasteiger partial charge < -0.3 is 15.0 Å². The van der Waals surface area contributed by atoms with E-state index in [-0.39, 0.29) is 30.9 Å². The molecule has 0 saturated heterocycles. The second-order valence-corrected chi connectivity index (χ2v) is 9.11.